The maximum Gasteiger partial charge on any atom is 0.508 e. The van der Waals surface area contributed by atoms with Crippen LogP contribution in [0.5, 0.6) is 5.75 Å². The topological polar surface area (TPSA) is 235 Å². The molecule has 1 amide bonds. The number of Topliss-reactive ketones (excluding diaryl/α,β-unsaturated/α-hetero) is 1. The van der Waals surface area contributed by atoms with E-state index in [9.17, 15) is 29.1 Å². The normalized spacial score (nSPS) is 29.7. The lowest BCUT2D eigenvalue weighted by atomic mass is 9.44. The minimum Gasteiger partial charge on any atom is -0.489 e. The van der Waals surface area contributed by atoms with Crippen LogP contribution >= 0.6 is 0 Å². The summed E-state index contributed by atoms with van der Waals surface area (Å²) in [6.07, 6.45) is -12.5. The van der Waals surface area contributed by atoms with Crippen LogP contribution in [0.15, 0.2) is 126 Å². The van der Waals surface area contributed by atoms with E-state index < -0.39 is 130 Å². The number of ketones is 1. The number of hydrogen-bond acceptors (Lipinski definition) is 18. The number of carbonyl (C=O) groups is 7. The molecule has 19 nitrogen and oxygen atoms in total. The summed E-state index contributed by atoms with van der Waals surface area (Å²) in [4.78, 5) is 103. The van der Waals surface area contributed by atoms with Crippen molar-refractivity contribution in [3.05, 3.63) is 149 Å². The molecular weight excluding hydrogens is 1060 g/mol. The van der Waals surface area contributed by atoms with Gasteiger partial charge in [-0.25, -0.2) is 19.2 Å². The van der Waals surface area contributed by atoms with Crippen LogP contribution in [-0.4, -0.2) is 118 Å². The fraction of sp³-hybridized carbons (Fsp3) is 0.476. The van der Waals surface area contributed by atoms with E-state index in [1.165, 1.54) is 24.0 Å². The zero-order chi connectivity index (χ0) is 59.3. The molecule has 436 valence electrons. The second-order valence-electron chi connectivity index (χ2n) is 23.9. The molecule has 2 bridgehead atoms. The zero-order valence-corrected chi connectivity index (χ0v) is 48.0. The summed E-state index contributed by atoms with van der Waals surface area (Å²) in [5, 5.41) is 14.3. The lowest BCUT2D eigenvalue weighted by Gasteiger charge is -2.67. The van der Waals surface area contributed by atoms with E-state index in [1.807, 2.05) is 30.3 Å². The minimum absolute atomic E-state index is 0.0238. The predicted molar refractivity (Wildman–Crippen MR) is 291 cm³/mol. The Morgan fingerprint density at radius 3 is 1.90 bits per heavy atom. The molecule has 2 aliphatic heterocycles. The van der Waals surface area contributed by atoms with Gasteiger partial charge >= 0.3 is 36.1 Å². The first-order valence-corrected chi connectivity index (χ1v) is 27.4. The molecule has 0 radical (unpaired) electrons. The van der Waals surface area contributed by atoms with Crippen LogP contribution in [-0.2, 0) is 75.0 Å². The lowest BCUT2D eigenvalue weighted by molar-refractivity contribution is -0.346. The van der Waals surface area contributed by atoms with Gasteiger partial charge in [-0.1, -0.05) is 105 Å². The average molecular weight is 1130 g/mol. The summed E-state index contributed by atoms with van der Waals surface area (Å²) >= 11 is 0. The Kier molecular flexibility index (Phi) is 16.0. The molecule has 4 aromatic carbocycles. The van der Waals surface area contributed by atoms with Crippen molar-refractivity contribution in [3.63, 3.8) is 0 Å². The molecule has 2 saturated carbocycles. The maximum atomic E-state index is 16.4. The van der Waals surface area contributed by atoms with Crippen molar-refractivity contribution < 1.29 is 86.0 Å². The molecule has 0 spiro atoms. The number of esters is 4. The molecular formula is C63H71NO18. The van der Waals surface area contributed by atoms with Gasteiger partial charge in [0.2, 0.25) is 0 Å². The Labute approximate surface area is 476 Å². The van der Waals surface area contributed by atoms with Crippen LogP contribution in [0, 0.1) is 16.7 Å². The summed E-state index contributed by atoms with van der Waals surface area (Å²) < 4.78 is 62.1. The summed E-state index contributed by atoms with van der Waals surface area (Å²) in [5.41, 5.74) is -8.63. The number of ether oxygens (including phenoxy) is 10. The highest BCUT2D eigenvalue weighted by Crippen LogP contribution is 2.65. The average Bonchev–Trinajstić information content (AvgIpc) is 0.820. The third kappa shape index (κ3) is 11.0. The van der Waals surface area contributed by atoms with E-state index in [-0.39, 0.29) is 43.0 Å². The van der Waals surface area contributed by atoms with Crippen molar-refractivity contribution in [3.8, 4) is 5.75 Å². The molecule has 2 saturated heterocycles. The fourth-order valence-electron chi connectivity index (χ4n) is 12.8. The Bertz CT molecular complexity index is 3120. The van der Waals surface area contributed by atoms with Crippen molar-refractivity contribution >= 4 is 41.9 Å². The van der Waals surface area contributed by atoms with Gasteiger partial charge in [-0.15, -0.1) is 0 Å². The Balaban J connectivity index is 1.18. The zero-order valence-electron chi connectivity index (χ0n) is 48.0. The van der Waals surface area contributed by atoms with Crippen LogP contribution in [0.4, 0.5) is 9.59 Å². The summed E-state index contributed by atoms with van der Waals surface area (Å²) in [7, 11) is 0. The van der Waals surface area contributed by atoms with Gasteiger partial charge in [0.05, 0.1) is 23.5 Å². The van der Waals surface area contributed by atoms with Crippen molar-refractivity contribution in [2.24, 2.45) is 16.7 Å². The second-order valence-corrected chi connectivity index (χ2v) is 23.9. The minimum atomic E-state index is -2.49. The number of hydrogen-bond donors (Lipinski definition) is 1. The molecule has 9 rings (SSSR count). The van der Waals surface area contributed by atoms with Crippen LogP contribution in [0.2, 0.25) is 0 Å². The van der Waals surface area contributed by atoms with E-state index in [0.717, 1.165) is 19.4 Å². The Hall–Kier alpha value is -7.61. The standard InChI is InChI=1S/C63H71NO18/c1-36-44(77-55(69)50-48(64(60(9,10)81-50)56(70)82-58(4,5)6)41-27-29-43(30-28-41)73-33-39-21-15-12-16-22-39)32-63(72)53(79-54(68)42-25-19-14-20-26-42)51-61(11,52(67)49(76-37(2)65)47(36)59(63,7)8)45(31-46-62(51,35-75-46)80-38(3)66)78-57(71)74-34-40-23-17-13-18-24-40/h12-30,44-46,48-51,53,72H,31-35H2,1-11H3/t44-,45-,46+,48-,49+,50+,51-,53-,61+,62-,63+/m0/s1. The molecule has 5 aliphatic rings. The molecule has 0 unspecified atom stereocenters. The van der Waals surface area contributed by atoms with Crippen molar-refractivity contribution in [2.45, 2.75) is 167 Å². The molecule has 4 fully saturated rings. The Morgan fingerprint density at radius 1 is 0.744 bits per heavy atom. The highest BCUT2D eigenvalue weighted by Gasteiger charge is 2.79. The van der Waals surface area contributed by atoms with Gasteiger partial charge in [0.1, 0.15) is 66.3 Å². The van der Waals surface area contributed by atoms with E-state index in [4.69, 9.17) is 47.4 Å². The molecule has 11 atom stereocenters. The van der Waals surface area contributed by atoms with Crippen LogP contribution in [0.1, 0.15) is 122 Å². The lowest BCUT2D eigenvalue weighted by Crippen LogP contribution is -2.82. The number of rotatable bonds is 13. The molecule has 3 aliphatic carbocycles. The smallest absolute Gasteiger partial charge is 0.489 e. The van der Waals surface area contributed by atoms with Crippen LogP contribution in [0.3, 0.4) is 0 Å². The summed E-state index contributed by atoms with van der Waals surface area (Å²) in [6.45, 7) is 16.4. The highest BCUT2D eigenvalue weighted by molar-refractivity contribution is 5.96. The molecule has 82 heavy (non-hydrogen) atoms. The highest BCUT2D eigenvalue weighted by atomic mass is 16.7. The van der Waals surface area contributed by atoms with Crippen molar-refractivity contribution in [2.75, 3.05) is 6.61 Å². The van der Waals surface area contributed by atoms with Gasteiger partial charge < -0.3 is 52.5 Å². The van der Waals surface area contributed by atoms with E-state index in [0.29, 0.717) is 16.9 Å². The number of benzene rings is 4. The molecule has 4 aromatic rings. The summed E-state index contributed by atoms with van der Waals surface area (Å²) in [5.74, 6) is -5.80. The first-order valence-electron chi connectivity index (χ1n) is 27.4. The first kappa shape index (κ1) is 59.0. The monoisotopic (exact) mass is 1130 g/mol. The largest absolute Gasteiger partial charge is 0.508 e. The number of fused-ring (bicyclic) bond motifs is 5. The fourth-order valence-corrected chi connectivity index (χ4v) is 12.8. The molecule has 0 aromatic heterocycles. The molecule has 19 heteroatoms. The first-order chi connectivity index (χ1) is 38.6. The van der Waals surface area contributed by atoms with Crippen molar-refractivity contribution in [1.29, 1.82) is 0 Å². The van der Waals surface area contributed by atoms with Gasteiger partial charge in [0.25, 0.3) is 0 Å². The quantitative estimate of drug-likeness (QED) is 0.0746. The SMILES string of the molecule is CC(=O)O[C@H]1C(=O)[C@]2(C)[C@@H](OC(=O)OCc3ccccc3)C[C@H]3OC[C@@]3(OC(C)=O)[C@H]2[C@H](OC(=O)c2ccccc2)[C@]2(O)C[C@H](OC(=O)[C@@H]3OC(C)(C)N(C(=O)OC(C)(C)C)[C@H]3c3ccc(OCc4ccccc4)cc3)C(C)=C1C2(C)C. The number of aliphatic hydroxyl groups is 1. The van der Waals surface area contributed by atoms with Crippen molar-refractivity contribution in [1.82, 2.24) is 4.90 Å². The van der Waals surface area contributed by atoms with E-state index in [2.05, 4.69) is 0 Å². The Morgan fingerprint density at radius 2 is 1.34 bits per heavy atom. The van der Waals surface area contributed by atoms with Crippen LogP contribution in [0.25, 0.3) is 0 Å². The third-order valence-corrected chi connectivity index (χ3v) is 16.7. The molecule has 1 N–H and O–H groups in total. The second kappa shape index (κ2) is 22.3. The maximum absolute atomic E-state index is 16.4. The number of carbonyl (C=O) groups excluding carboxylic acids is 7. The van der Waals surface area contributed by atoms with Gasteiger partial charge in [0.15, 0.2) is 23.6 Å². The van der Waals surface area contributed by atoms with Crippen LogP contribution < -0.4 is 4.74 Å². The van der Waals surface area contributed by atoms with Gasteiger partial charge in [-0.05, 0) is 101 Å². The summed E-state index contributed by atoms with van der Waals surface area (Å²) in [6, 6.07) is 31.8. The van der Waals surface area contributed by atoms with Gasteiger partial charge in [-0.3, -0.25) is 19.3 Å². The number of nitrogens with zero attached hydrogens (tertiary/aromatic N) is 1. The van der Waals surface area contributed by atoms with E-state index >= 15 is 9.59 Å². The third-order valence-electron chi connectivity index (χ3n) is 16.7. The van der Waals surface area contributed by atoms with Gasteiger partial charge in [0, 0.05) is 32.1 Å². The van der Waals surface area contributed by atoms with E-state index in [1.54, 1.807) is 128 Å². The molecule has 2 heterocycles. The predicted octanol–water partition coefficient (Wildman–Crippen LogP) is 9.26. The number of amides is 1. The van der Waals surface area contributed by atoms with Gasteiger partial charge in [-0.2, -0.15) is 0 Å².